The Hall–Kier alpha value is -3.16. The first-order valence-corrected chi connectivity index (χ1v) is 12.8. The number of halogens is 2. The van der Waals surface area contributed by atoms with Gasteiger partial charge < -0.3 is 20.4 Å². The molecule has 0 saturated carbocycles. The minimum Gasteiger partial charge on any atom is -0.497 e. The molecule has 3 aromatic rings. The van der Waals surface area contributed by atoms with Crippen molar-refractivity contribution in [2.45, 2.75) is 31.8 Å². The highest BCUT2D eigenvalue weighted by Crippen LogP contribution is 2.25. The van der Waals surface area contributed by atoms with Crippen molar-refractivity contribution < 1.29 is 14.3 Å². The van der Waals surface area contributed by atoms with Gasteiger partial charge in [0.2, 0.25) is 11.8 Å². The van der Waals surface area contributed by atoms with Gasteiger partial charge in [-0.2, -0.15) is 0 Å². The normalized spacial score (nSPS) is 11.4. The Morgan fingerprint density at radius 1 is 1.03 bits per heavy atom. The highest BCUT2D eigenvalue weighted by Gasteiger charge is 2.30. The average Bonchev–Trinajstić information content (AvgIpc) is 2.90. The van der Waals surface area contributed by atoms with Gasteiger partial charge in [-0.1, -0.05) is 63.9 Å². The third-order valence-corrected chi connectivity index (χ3v) is 6.53. The van der Waals surface area contributed by atoms with E-state index in [0.29, 0.717) is 30.0 Å². The van der Waals surface area contributed by atoms with E-state index in [1.807, 2.05) is 60.7 Å². The van der Waals surface area contributed by atoms with Crippen LogP contribution in [0.1, 0.15) is 35.6 Å². The van der Waals surface area contributed by atoms with E-state index in [1.54, 1.807) is 24.1 Å². The predicted octanol–water partition coefficient (Wildman–Crippen LogP) is 5.97. The smallest absolute Gasteiger partial charge is 0.247 e. The van der Waals surface area contributed by atoms with Gasteiger partial charge in [-0.25, -0.2) is 0 Å². The van der Waals surface area contributed by atoms with E-state index in [1.165, 1.54) is 6.21 Å². The molecule has 1 atom stereocenters. The molecule has 0 saturated heterocycles. The number of methoxy groups -OCH3 is 1. The number of carbonyl (C=O) groups excluding carboxylic acids is 2. The molecule has 0 aliphatic carbocycles. The highest BCUT2D eigenvalue weighted by atomic mass is 79.9. The largest absolute Gasteiger partial charge is 0.497 e. The summed E-state index contributed by atoms with van der Waals surface area (Å²) in [6.45, 7) is 0.571. The van der Waals surface area contributed by atoms with Crippen molar-refractivity contribution in [1.82, 2.24) is 10.2 Å². The van der Waals surface area contributed by atoms with Crippen molar-refractivity contribution in [2.24, 2.45) is 0 Å². The van der Waals surface area contributed by atoms with Crippen molar-refractivity contribution in [3.63, 3.8) is 0 Å². The van der Waals surface area contributed by atoms with Crippen molar-refractivity contribution in [2.75, 3.05) is 13.7 Å². The van der Waals surface area contributed by atoms with Gasteiger partial charge in [0.05, 0.1) is 7.11 Å². The van der Waals surface area contributed by atoms with E-state index in [0.717, 1.165) is 21.3 Å². The number of benzene rings is 3. The fourth-order valence-corrected chi connectivity index (χ4v) is 4.18. The molecule has 3 rings (SSSR count). The Morgan fingerprint density at radius 2 is 1.67 bits per heavy atom. The van der Waals surface area contributed by atoms with Gasteiger partial charge in [0.1, 0.15) is 11.8 Å². The SMILES string of the molecule is COc1ccc(CCC(=O)N(CCC=N)C(C(=O)NCc2ccc(Cl)cc2)c2ccc(Br)cc2)cc1. The Kier molecular flexibility index (Phi) is 10.5. The fraction of sp³-hybridized carbons (Fsp3) is 0.250. The third kappa shape index (κ3) is 7.93. The van der Waals surface area contributed by atoms with E-state index in [-0.39, 0.29) is 24.8 Å². The van der Waals surface area contributed by atoms with Crippen LogP contribution in [0.25, 0.3) is 0 Å². The van der Waals surface area contributed by atoms with Crippen molar-refractivity contribution in [3.8, 4) is 5.75 Å². The number of amides is 2. The number of rotatable bonds is 12. The molecule has 0 radical (unpaired) electrons. The van der Waals surface area contributed by atoms with Gasteiger partial charge >= 0.3 is 0 Å². The maximum Gasteiger partial charge on any atom is 0.247 e. The molecule has 0 bridgehead atoms. The van der Waals surface area contributed by atoms with Crippen LogP contribution in [0.5, 0.6) is 5.75 Å². The molecule has 0 aliphatic heterocycles. The number of carbonyl (C=O) groups is 2. The Labute approximate surface area is 225 Å². The van der Waals surface area contributed by atoms with E-state index < -0.39 is 6.04 Å². The molecule has 0 aromatic heterocycles. The summed E-state index contributed by atoms with van der Waals surface area (Å²) in [7, 11) is 1.61. The Bertz CT molecular complexity index is 1150. The number of nitrogens with zero attached hydrogens (tertiary/aromatic N) is 1. The summed E-state index contributed by atoms with van der Waals surface area (Å²) >= 11 is 9.41. The molecule has 36 heavy (non-hydrogen) atoms. The summed E-state index contributed by atoms with van der Waals surface area (Å²) in [5.74, 6) is 0.322. The lowest BCUT2D eigenvalue weighted by Gasteiger charge is -2.31. The number of hydrogen-bond acceptors (Lipinski definition) is 4. The number of aryl methyl sites for hydroxylation is 1. The maximum atomic E-state index is 13.5. The zero-order valence-electron chi connectivity index (χ0n) is 20.0. The van der Waals surface area contributed by atoms with Gasteiger partial charge in [-0.15, -0.1) is 0 Å². The van der Waals surface area contributed by atoms with Crippen LogP contribution in [0.2, 0.25) is 5.02 Å². The highest BCUT2D eigenvalue weighted by molar-refractivity contribution is 9.10. The molecule has 0 spiro atoms. The molecule has 8 heteroatoms. The molecule has 0 heterocycles. The predicted molar refractivity (Wildman–Crippen MR) is 147 cm³/mol. The molecular formula is C28H29BrClN3O3. The lowest BCUT2D eigenvalue weighted by atomic mass is 10.0. The van der Waals surface area contributed by atoms with Crippen LogP contribution < -0.4 is 10.1 Å². The summed E-state index contributed by atoms with van der Waals surface area (Å²) in [6.07, 6.45) is 2.38. The first-order valence-electron chi connectivity index (χ1n) is 11.6. The molecule has 0 fully saturated rings. The first kappa shape index (κ1) is 27.4. The molecule has 0 aliphatic rings. The first-order chi connectivity index (χ1) is 17.4. The lowest BCUT2D eigenvalue weighted by molar-refractivity contribution is -0.140. The van der Waals surface area contributed by atoms with Crippen LogP contribution in [0.4, 0.5) is 0 Å². The molecule has 3 aromatic carbocycles. The quantitative estimate of drug-likeness (QED) is 0.263. The average molecular weight is 571 g/mol. The van der Waals surface area contributed by atoms with Gasteiger partial charge in [0.15, 0.2) is 0 Å². The summed E-state index contributed by atoms with van der Waals surface area (Å²) in [4.78, 5) is 28.6. The van der Waals surface area contributed by atoms with Crippen LogP contribution in [-0.4, -0.2) is 36.6 Å². The van der Waals surface area contributed by atoms with E-state index in [9.17, 15) is 9.59 Å². The van der Waals surface area contributed by atoms with Crippen molar-refractivity contribution in [3.05, 3.63) is 99.0 Å². The summed E-state index contributed by atoms with van der Waals surface area (Å²) in [5.41, 5.74) is 2.61. The standard InChI is InChI=1S/C28H29BrClN3O3/c1-36-25-14-5-20(6-15-25)7-16-26(34)33(18-2-17-31)27(22-8-10-23(29)11-9-22)28(35)32-19-21-3-12-24(30)13-4-21/h3-6,8-15,17,27,31H,2,7,16,18-19H2,1H3,(H,32,35). The van der Waals surface area contributed by atoms with E-state index in [2.05, 4.69) is 21.2 Å². The third-order valence-electron chi connectivity index (χ3n) is 5.75. The van der Waals surface area contributed by atoms with Crippen LogP contribution in [-0.2, 0) is 22.6 Å². The van der Waals surface area contributed by atoms with E-state index >= 15 is 0 Å². The van der Waals surface area contributed by atoms with Gasteiger partial charge in [-0.3, -0.25) is 9.59 Å². The van der Waals surface area contributed by atoms with Gasteiger partial charge in [-0.05, 0) is 72.1 Å². The maximum absolute atomic E-state index is 13.5. The van der Waals surface area contributed by atoms with Crippen LogP contribution in [0.3, 0.4) is 0 Å². The Morgan fingerprint density at radius 3 is 2.28 bits per heavy atom. The van der Waals surface area contributed by atoms with Crippen molar-refractivity contribution in [1.29, 1.82) is 5.41 Å². The monoisotopic (exact) mass is 569 g/mol. The van der Waals surface area contributed by atoms with Crippen LogP contribution in [0.15, 0.2) is 77.3 Å². The summed E-state index contributed by atoms with van der Waals surface area (Å²) in [6, 6.07) is 21.4. The molecule has 6 nitrogen and oxygen atoms in total. The molecule has 2 N–H and O–H groups in total. The number of nitrogens with one attached hydrogen (secondary N) is 2. The zero-order chi connectivity index (χ0) is 25.9. The molecule has 188 valence electrons. The fourth-order valence-electron chi connectivity index (χ4n) is 3.79. The number of ether oxygens (including phenoxy) is 1. The zero-order valence-corrected chi connectivity index (χ0v) is 22.4. The topological polar surface area (TPSA) is 82.5 Å². The Balaban J connectivity index is 1.82. The molecule has 1 unspecified atom stereocenters. The second-order valence-electron chi connectivity index (χ2n) is 8.23. The minimum absolute atomic E-state index is 0.151. The van der Waals surface area contributed by atoms with E-state index in [4.69, 9.17) is 21.7 Å². The minimum atomic E-state index is -0.825. The lowest BCUT2D eigenvalue weighted by Crippen LogP contribution is -2.44. The molecular weight excluding hydrogens is 542 g/mol. The second-order valence-corrected chi connectivity index (χ2v) is 9.58. The van der Waals surface area contributed by atoms with Crippen molar-refractivity contribution >= 4 is 45.6 Å². The molecule has 2 amide bonds. The van der Waals surface area contributed by atoms with Crippen LogP contribution in [0, 0.1) is 5.41 Å². The van der Waals surface area contributed by atoms with Gasteiger partial charge in [0, 0.05) is 29.0 Å². The van der Waals surface area contributed by atoms with Gasteiger partial charge in [0.25, 0.3) is 0 Å². The summed E-state index contributed by atoms with van der Waals surface area (Å²) < 4.78 is 6.08. The summed E-state index contributed by atoms with van der Waals surface area (Å²) in [5, 5.41) is 11.1. The van der Waals surface area contributed by atoms with Crippen LogP contribution >= 0.6 is 27.5 Å². The number of hydrogen-bond donors (Lipinski definition) is 2. The second kappa shape index (κ2) is 13.8.